The predicted octanol–water partition coefficient (Wildman–Crippen LogP) is 3.14. The lowest BCUT2D eigenvalue weighted by Crippen LogP contribution is -2.26. The summed E-state index contributed by atoms with van der Waals surface area (Å²) in [5.41, 5.74) is 0.996. The normalized spacial score (nSPS) is 12.5. The van der Waals surface area contributed by atoms with Crippen LogP contribution in [0.4, 0.5) is 0 Å². The summed E-state index contributed by atoms with van der Waals surface area (Å²) in [6.45, 7) is 1.76. The van der Waals surface area contributed by atoms with Gasteiger partial charge in [-0.05, 0) is 36.8 Å². The summed E-state index contributed by atoms with van der Waals surface area (Å²) in [7, 11) is -2.33. The minimum absolute atomic E-state index is 0.00324. The fourth-order valence-electron chi connectivity index (χ4n) is 2.20. The van der Waals surface area contributed by atoms with Crippen molar-refractivity contribution in [2.75, 3.05) is 7.11 Å². The van der Waals surface area contributed by atoms with Crippen molar-refractivity contribution in [1.29, 1.82) is 0 Å². The zero-order valence-electron chi connectivity index (χ0n) is 13.4. The molecule has 3 N–H and O–H groups in total. The first kappa shape index (κ1) is 19.5. The van der Waals surface area contributed by atoms with E-state index in [0.717, 1.165) is 0 Å². The van der Waals surface area contributed by atoms with Gasteiger partial charge in [0.2, 0.25) is 10.0 Å². The quantitative estimate of drug-likeness (QED) is 0.801. The van der Waals surface area contributed by atoms with E-state index in [0.29, 0.717) is 11.3 Å². The molecule has 1 atom stereocenters. The number of hydrogen-bond donors (Lipinski definition) is 2. The Kier molecular flexibility index (Phi) is 5.95. The van der Waals surface area contributed by atoms with Crippen LogP contribution in [-0.4, -0.2) is 21.4 Å². The average molecular weight is 403 g/mol. The van der Waals surface area contributed by atoms with Crippen LogP contribution in [0.3, 0.4) is 0 Å². The number of benzene rings is 2. The number of rotatable bonds is 5. The van der Waals surface area contributed by atoms with E-state index in [1.807, 2.05) is 0 Å². The van der Waals surface area contributed by atoms with Gasteiger partial charge >= 0.3 is 0 Å². The van der Waals surface area contributed by atoms with Gasteiger partial charge in [0.05, 0.1) is 28.1 Å². The second-order valence-corrected chi connectivity index (χ2v) is 7.66. The number of halogens is 2. The van der Waals surface area contributed by atoms with E-state index in [-0.39, 0.29) is 32.5 Å². The first-order valence-electron chi connectivity index (χ1n) is 7.10. The van der Waals surface area contributed by atoms with E-state index in [2.05, 4.69) is 5.32 Å². The highest BCUT2D eigenvalue weighted by Gasteiger charge is 2.16. The number of carbonyl (C=O) groups is 1. The number of nitrogens with two attached hydrogens (primary N) is 1. The van der Waals surface area contributed by atoms with Gasteiger partial charge in [0.15, 0.2) is 5.75 Å². The topological polar surface area (TPSA) is 98.5 Å². The first-order valence-corrected chi connectivity index (χ1v) is 9.40. The van der Waals surface area contributed by atoms with Crippen LogP contribution < -0.4 is 15.2 Å². The standard InChI is InChI=1S/C16H16Cl2N2O4S/c1-9(10-3-5-12(6-4-10)25(19,22)23)20-16(21)11-7-13(17)15(24-2)14(18)8-11/h3-9H,1-2H3,(H,20,21)(H2,19,22,23). The number of nitrogens with one attached hydrogen (secondary N) is 1. The maximum atomic E-state index is 12.4. The van der Waals surface area contributed by atoms with Crippen LogP contribution in [0.1, 0.15) is 28.9 Å². The number of amides is 1. The van der Waals surface area contributed by atoms with Gasteiger partial charge in [-0.3, -0.25) is 4.79 Å². The molecule has 134 valence electrons. The SMILES string of the molecule is COc1c(Cl)cc(C(=O)NC(C)c2ccc(S(N)(=O)=O)cc2)cc1Cl. The molecule has 0 spiro atoms. The fourth-order valence-corrected chi connectivity index (χ4v) is 3.35. The molecule has 0 aromatic heterocycles. The van der Waals surface area contributed by atoms with Crippen LogP contribution in [0.15, 0.2) is 41.3 Å². The highest BCUT2D eigenvalue weighted by atomic mass is 35.5. The van der Waals surface area contributed by atoms with Crippen molar-refractivity contribution in [1.82, 2.24) is 5.32 Å². The molecule has 1 amide bonds. The molecule has 0 heterocycles. The van der Waals surface area contributed by atoms with Gasteiger partial charge in [0.25, 0.3) is 5.91 Å². The molecular weight excluding hydrogens is 387 g/mol. The van der Waals surface area contributed by atoms with Gasteiger partial charge in [-0.25, -0.2) is 13.6 Å². The molecular formula is C16H16Cl2N2O4S. The number of carbonyl (C=O) groups excluding carboxylic acids is 1. The van der Waals surface area contributed by atoms with Crippen molar-refractivity contribution < 1.29 is 17.9 Å². The molecule has 2 aromatic rings. The molecule has 25 heavy (non-hydrogen) atoms. The molecule has 9 heteroatoms. The van der Waals surface area contributed by atoms with Gasteiger partial charge in [-0.2, -0.15) is 0 Å². The molecule has 2 rings (SSSR count). The van der Waals surface area contributed by atoms with Crippen molar-refractivity contribution in [3.63, 3.8) is 0 Å². The minimum Gasteiger partial charge on any atom is -0.494 e. The van der Waals surface area contributed by atoms with Crippen molar-refractivity contribution in [3.05, 3.63) is 57.6 Å². The Labute approximate surface area is 155 Å². The van der Waals surface area contributed by atoms with Crippen molar-refractivity contribution in [2.45, 2.75) is 17.9 Å². The van der Waals surface area contributed by atoms with Crippen molar-refractivity contribution in [2.24, 2.45) is 5.14 Å². The van der Waals surface area contributed by atoms with E-state index in [9.17, 15) is 13.2 Å². The Bertz CT molecular complexity index is 876. The molecule has 0 aliphatic rings. The third-order valence-electron chi connectivity index (χ3n) is 3.52. The van der Waals surface area contributed by atoms with E-state index in [1.165, 1.54) is 31.4 Å². The van der Waals surface area contributed by atoms with Crippen molar-refractivity contribution in [3.8, 4) is 5.75 Å². The number of sulfonamides is 1. The maximum absolute atomic E-state index is 12.4. The third kappa shape index (κ3) is 4.64. The monoisotopic (exact) mass is 402 g/mol. The molecule has 0 saturated carbocycles. The highest BCUT2D eigenvalue weighted by molar-refractivity contribution is 7.89. The summed E-state index contributed by atoms with van der Waals surface area (Å²) in [4.78, 5) is 12.4. The Morgan fingerprint density at radius 2 is 1.68 bits per heavy atom. The number of hydrogen-bond acceptors (Lipinski definition) is 4. The Hall–Kier alpha value is -1.80. The predicted molar refractivity (Wildman–Crippen MR) is 96.7 cm³/mol. The van der Waals surface area contributed by atoms with Gasteiger partial charge in [0.1, 0.15) is 0 Å². The van der Waals surface area contributed by atoms with Gasteiger partial charge in [-0.15, -0.1) is 0 Å². The highest BCUT2D eigenvalue weighted by Crippen LogP contribution is 2.33. The number of methoxy groups -OCH3 is 1. The van der Waals surface area contributed by atoms with Gasteiger partial charge in [0, 0.05) is 5.56 Å². The minimum atomic E-state index is -3.76. The number of ether oxygens (including phenoxy) is 1. The lowest BCUT2D eigenvalue weighted by molar-refractivity contribution is 0.0940. The summed E-state index contributed by atoms with van der Waals surface area (Å²) in [5, 5.41) is 8.30. The molecule has 1 unspecified atom stereocenters. The Morgan fingerprint density at radius 1 is 1.16 bits per heavy atom. The van der Waals surface area contributed by atoms with Gasteiger partial charge < -0.3 is 10.1 Å². The zero-order valence-corrected chi connectivity index (χ0v) is 15.7. The molecule has 0 bridgehead atoms. The van der Waals surface area contributed by atoms with Crippen LogP contribution in [-0.2, 0) is 10.0 Å². The third-order valence-corrected chi connectivity index (χ3v) is 5.01. The molecule has 0 aliphatic heterocycles. The molecule has 0 aliphatic carbocycles. The van der Waals surface area contributed by atoms with Crippen LogP contribution in [0, 0.1) is 0 Å². The summed E-state index contributed by atoms with van der Waals surface area (Å²) < 4.78 is 27.6. The second kappa shape index (κ2) is 7.61. The van der Waals surface area contributed by atoms with Gasteiger partial charge in [-0.1, -0.05) is 35.3 Å². The molecule has 0 saturated heterocycles. The lowest BCUT2D eigenvalue weighted by atomic mass is 10.1. The summed E-state index contributed by atoms with van der Waals surface area (Å²) >= 11 is 12.1. The largest absolute Gasteiger partial charge is 0.494 e. The van der Waals surface area contributed by atoms with Crippen LogP contribution >= 0.6 is 23.2 Å². The average Bonchev–Trinajstić information content (AvgIpc) is 2.53. The maximum Gasteiger partial charge on any atom is 0.251 e. The fraction of sp³-hybridized carbons (Fsp3) is 0.188. The smallest absolute Gasteiger partial charge is 0.251 e. The van der Waals surface area contributed by atoms with Crippen LogP contribution in [0.2, 0.25) is 10.0 Å². The molecule has 6 nitrogen and oxygen atoms in total. The molecule has 0 fully saturated rings. The molecule has 0 radical (unpaired) electrons. The summed E-state index contributed by atoms with van der Waals surface area (Å²) in [6.07, 6.45) is 0. The first-order chi connectivity index (χ1) is 11.6. The lowest BCUT2D eigenvalue weighted by Gasteiger charge is -2.15. The van der Waals surface area contributed by atoms with E-state index in [1.54, 1.807) is 19.1 Å². The Balaban J connectivity index is 2.17. The second-order valence-electron chi connectivity index (χ2n) is 5.28. The van der Waals surface area contributed by atoms with Crippen molar-refractivity contribution >= 4 is 39.1 Å². The molecule has 2 aromatic carbocycles. The van der Waals surface area contributed by atoms with E-state index >= 15 is 0 Å². The zero-order chi connectivity index (χ0) is 18.8. The summed E-state index contributed by atoms with van der Waals surface area (Å²) in [6, 6.07) is 8.47. The van der Waals surface area contributed by atoms with E-state index in [4.69, 9.17) is 33.1 Å². The summed E-state index contributed by atoms with van der Waals surface area (Å²) in [5.74, 6) is -0.0824. The Morgan fingerprint density at radius 3 is 2.12 bits per heavy atom. The van der Waals surface area contributed by atoms with Crippen LogP contribution in [0.25, 0.3) is 0 Å². The number of primary sulfonamides is 1. The van der Waals surface area contributed by atoms with E-state index < -0.39 is 10.0 Å². The van der Waals surface area contributed by atoms with Crippen LogP contribution in [0.5, 0.6) is 5.75 Å².